The highest BCUT2D eigenvalue weighted by atomic mass is 32.2. The average Bonchev–Trinajstić information content (AvgIpc) is 2.82. The smallest absolute Gasteiger partial charge is 0.326 e. The van der Waals surface area contributed by atoms with Crippen molar-refractivity contribution in [1.82, 2.24) is 4.90 Å². The van der Waals surface area contributed by atoms with Crippen molar-refractivity contribution in [1.29, 1.82) is 0 Å². The first-order chi connectivity index (χ1) is 12.7. The molecule has 6 nitrogen and oxygen atoms in total. The van der Waals surface area contributed by atoms with Gasteiger partial charge in [-0.15, -0.1) is 0 Å². The number of ether oxygens (including phenoxy) is 3. The topological polar surface area (TPSA) is 65.1 Å². The van der Waals surface area contributed by atoms with Gasteiger partial charge < -0.3 is 14.2 Å². The maximum absolute atomic E-state index is 12.6. The molecule has 1 aromatic rings. The number of hydrogen-bond acceptors (Lipinski definition) is 7. The van der Waals surface area contributed by atoms with E-state index in [4.69, 9.17) is 26.4 Å². The van der Waals surface area contributed by atoms with Crippen molar-refractivity contribution in [3.63, 3.8) is 0 Å². The fourth-order valence-electron chi connectivity index (χ4n) is 2.34. The lowest BCUT2D eigenvalue weighted by Crippen LogP contribution is -2.35. The molecule has 0 aromatic heterocycles. The van der Waals surface area contributed by atoms with E-state index in [1.807, 2.05) is 19.9 Å². The van der Waals surface area contributed by atoms with Crippen LogP contribution >= 0.6 is 24.0 Å². The van der Waals surface area contributed by atoms with E-state index in [1.165, 1.54) is 4.90 Å². The molecule has 1 aromatic carbocycles. The molecule has 146 valence electrons. The molecule has 0 aliphatic carbocycles. The highest BCUT2D eigenvalue weighted by Gasteiger charge is 2.34. The average molecular weight is 410 g/mol. The van der Waals surface area contributed by atoms with Gasteiger partial charge in [0.2, 0.25) is 0 Å². The van der Waals surface area contributed by atoms with Crippen molar-refractivity contribution >= 4 is 46.3 Å². The predicted octanol–water partition coefficient (Wildman–Crippen LogP) is 3.64. The molecule has 1 saturated heterocycles. The van der Waals surface area contributed by atoms with Gasteiger partial charge in [-0.1, -0.05) is 30.0 Å². The molecule has 8 heteroatoms. The summed E-state index contributed by atoms with van der Waals surface area (Å²) in [6.45, 7) is 7.18. The van der Waals surface area contributed by atoms with Crippen LogP contribution in [-0.2, 0) is 14.3 Å². The van der Waals surface area contributed by atoms with Crippen LogP contribution in [0.1, 0.15) is 33.3 Å². The molecule has 0 radical (unpaired) electrons. The summed E-state index contributed by atoms with van der Waals surface area (Å²) in [5, 5.41) is 0. The number of thiocarbonyl (C=S) groups is 1. The lowest BCUT2D eigenvalue weighted by Gasteiger charge is -2.15. The highest BCUT2D eigenvalue weighted by molar-refractivity contribution is 8.26. The van der Waals surface area contributed by atoms with Gasteiger partial charge >= 0.3 is 5.97 Å². The fraction of sp³-hybridized carbons (Fsp3) is 0.421. The number of nitrogens with zero attached hydrogens (tertiary/aromatic N) is 1. The number of benzene rings is 1. The molecule has 1 amide bonds. The van der Waals surface area contributed by atoms with E-state index in [9.17, 15) is 9.59 Å². The summed E-state index contributed by atoms with van der Waals surface area (Å²) in [7, 11) is 1.56. The summed E-state index contributed by atoms with van der Waals surface area (Å²) in [5.41, 5.74) is 0.771. The summed E-state index contributed by atoms with van der Waals surface area (Å²) in [5.74, 6) is 0.411. The van der Waals surface area contributed by atoms with E-state index in [-0.39, 0.29) is 24.7 Å². The molecule has 1 aliphatic rings. The van der Waals surface area contributed by atoms with E-state index in [0.717, 1.165) is 17.3 Å². The van der Waals surface area contributed by atoms with Crippen LogP contribution in [-0.4, -0.2) is 47.0 Å². The highest BCUT2D eigenvalue weighted by Crippen LogP contribution is 2.35. The first kappa shape index (κ1) is 21.2. The third-order valence-corrected chi connectivity index (χ3v) is 4.75. The Kier molecular flexibility index (Phi) is 7.26. The van der Waals surface area contributed by atoms with Gasteiger partial charge in [0.1, 0.15) is 10.9 Å². The fourth-order valence-corrected chi connectivity index (χ4v) is 3.60. The minimum absolute atomic E-state index is 0.0200. The Balaban J connectivity index is 2.18. The van der Waals surface area contributed by atoms with Gasteiger partial charge in [-0.3, -0.25) is 14.5 Å². The van der Waals surface area contributed by atoms with Gasteiger partial charge in [-0.2, -0.15) is 0 Å². The molecule has 1 heterocycles. The predicted molar refractivity (Wildman–Crippen MR) is 110 cm³/mol. The number of carbonyl (C=O) groups is 2. The lowest BCUT2D eigenvalue weighted by atomic mass is 10.2. The number of methoxy groups -OCH3 is 1. The van der Waals surface area contributed by atoms with E-state index in [0.29, 0.717) is 20.7 Å². The summed E-state index contributed by atoms with van der Waals surface area (Å²) in [6.07, 6.45) is 1.49. The van der Waals surface area contributed by atoms with E-state index in [2.05, 4.69) is 0 Å². The van der Waals surface area contributed by atoms with Crippen LogP contribution in [0.15, 0.2) is 23.1 Å². The lowest BCUT2D eigenvalue weighted by molar-refractivity contribution is -0.149. The first-order valence-electron chi connectivity index (χ1n) is 8.50. The maximum Gasteiger partial charge on any atom is 0.326 e. The van der Waals surface area contributed by atoms with Crippen LogP contribution in [0.5, 0.6) is 11.5 Å². The van der Waals surface area contributed by atoms with Crippen LogP contribution in [0.3, 0.4) is 0 Å². The number of rotatable bonds is 7. The molecular formula is C19H23NO5S2. The van der Waals surface area contributed by atoms with Crippen molar-refractivity contribution < 1.29 is 23.8 Å². The van der Waals surface area contributed by atoms with Gasteiger partial charge in [0.25, 0.3) is 5.91 Å². The van der Waals surface area contributed by atoms with Crippen molar-refractivity contribution in [2.75, 3.05) is 13.7 Å². The van der Waals surface area contributed by atoms with Crippen molar-refractivity contribution in [3.05, 3.63) is 28.7 Å². The number of thioether (sulfide) groups is 1. The van der Waals surface area contributed by atoms with Gasteiger partial charge in [-0.05, 0) is 51.5 Å². The van der Waals surface area contributed by atoms with Crippen LogP contribution in [0.4, 0.5) is 0 Å². The zero-order valence-electron chi connectivity index (χ0n) is 16.0. The van der Waals surface area contributed by atoms with E-state index >= 15 is 0 Å². The Morgan fingerprint density at radius 2 is 1.93 bits per heavy atom. The molecule has 1 fully saturated rings. The zero-order chi connectivity index (χ0) is 20.1. The van der Waals surface area contributed by atoms with E-state index in [1.54, 1.807) is 39.2 Å². The van der Waals surface area contributed by atoms with Crippen LogP contribution < -0.4 is 9.47 Å². The molecular weight excluding hydrogens is 386 g/mol. The van der Waals surface area contributed by atoms with Crippen molar-refractivity contribution in [2.24, 2.45) is 0 Å². The molecule has 1 aliphatic heterocycles. The first-order valence-corrected chi connectivity index (χ1v) is 9.73. The third-order valence-electron chi connectivity index (χ3n) is 3.38. The molecule has 27 heavy (non-hydrogen) atoms. The summed E-state index contributed by atoms with van der Waals surface area (Å²) < 4.78 is 16.5. The van der Waals surface area contributed by atoms with Gasteiger partial charge in [0, 0.05) is 0 Å². The normalized spacial score (nSPS) is 15.8. The van der Waals surface area contributed by atoms with Gasteiger partial charge in [-0.25, -0.2) is 0 Å². The molecule has 0 unspecified atom stereocenters. The summed E-state index contributed by atoms with van der Waals surface area (Å²) in [6, 6.07) is 5.42. The van der Waals surface area contributed by atoms with Crippen LogP contribution in [0.25, 0.3) is 6.08 Å². The number of amides is 1. The minimum Gasteiger partial charge on any atom is -0.493 e. The minimum atomic E-state index is -0.487. The number of carbonyl (C=O) groups excluding carboxylic acids is 2. The van der Waals surface area contributed by atoms with Gasteiger partial charge in [0.05, 0.1) is 24.2 Å². The SMILES string of the molecule is COc1cc(/C=C2/SC(=S)N(CC(=O)OC(C)C)C2=O)ccc1OC(C)C. The standard InChI is InChI=1S/C19H23NO5S2/c1-11(2)24-14-7-6-13(8-15(14)23-5)9-16-18(22)20(19(26)27-16)10-17(21)25-12(3)4/h6-9,11-12H,10H2,1-5H3/b16-9+. The summed E-state index contributed by atoms with van der Waals surface area (Å²) in [4.78, 5) is 26.1. The number of hydrogen-bond donors (Lipinski definition) is 0. The second kappa shape index (κ2) is 9.23. The molecule has 0 N–H and O–H groups in total. The molecule has 2 rings (SSSR count). The molecule has 0 atom stereocenters. The Labute approximate surface area is 168 Å². The van der Waals surface area contributed by atoms with Crippen LogP contribution in [0, 0.1) is 0 Å². The largest absolute Gasteiger partial charge is 0.493 e. The van der Waals surface area contributed by atoms with Crippen LogP contribution in [0.2, 0.25) is 0 Å². The second-order valence-electron chi connectivity index (χ2n) is 6.38. The quantitative estimate of drug-likeness (QED) is 0.387. The second-order valence-corrected chi connectivity index (χ2v) is 8.06. The van der Waals surface area contributed by atoms with Crippen molar-refractivity contribution in [3.8, 4) is 11.5 Å². The molecule has 0 spiro atoms. The Hall–Kier alpha value is -2.06. The maximum atomic E-state index is 12.6. The van der Waals surface area contributed by atoms with Gasteiger partial charge in [0.15, 0.2) is 11.5 Å². The summed E-state index contributed by atoms with van der Waals surface area (Å²) >= 11 is 6.39. The molecule has 0 bridgehead atoms. The Morgan fingerprint density at radius 1 is 1.22 bits per heavy atom. The Morgan fingerprint density at radius 3 is 2.52 bits per heavy atom. The zero-order valence-corrected chi connectivity index (χ0v) is 17.6. The van der Waals surface area contributed by atoms with E-state index < -0.39 is 5.97 Å². The third kappa shape index (κ3) is 5.71. The number of esters is 1. The monoisotopic (exact) mass is 409 g/mol. The Bertz CT molecular complexity index is 773. The molecule has 0 saturated carbocycles. The van der Waals surface area contributed by atoms with Crippen molar-refractivity contribution in [2.45, 2.75) is 39.9 Å².